The van der Waals surface area contributed by atoms with E-state index in [0.29, 0.717) is 12.3 Å². The second kappa shape index (κ2) is 6.23. The van der Waals surface area contributed by atoms with Crippen molar-refractivity contribution in [2.45, 2.75) is 32.9 Å². The molecule has 0 spiro atoms. The molecular formula is C16H16N4O4. The third-order valence-corrected chi connectivity index (χ3v) is 3.87. The number of carbonyl (C=O) groups excluding carboxylic acids is 3. The summed E-state index contributed by atoms with van der Waals surface area (Å²) in [6.07, 6.45) is 0.547. The van der Waals surface area contributed by atoms with Gasteiger partial charge in [-0.15, -0.1) is 0 Å². The summed E-state index contributed by atoms with van der Waals surface area (Å²) >= 11 is 0. The lowest BCUT2D eigenvalue weighted by Gasteiger charge is -2.22. The SMILES string of the molecule is CCc1nc(CN2C(=O)C(=O)N(C(C)c3ccccc3)C2=O)no1. The number of imide groups is 2. The molecule has 1 aromatic carbocycles. The van der Waals surface area contributed by atoms with Gasteiger partial charge in [-0.1, -0.05) is 42.4 Å². The first-order valence-corrected chi connectivity index (χ1v) is 7.58. The highest BCUT2D eigenvalue weighted by atomic mass is 16.5. The van der Waals surface area contributed by atoms with Gasteiger partial charge in [-0.2, -0.15) is 4.98 Å². The average Bonchev–Trinajstić information content (AvgIpc) is 3.14. The zero-order chi connectivity index (χ0) is 17.3. The zero-order valence-electron chi connectivity index (χ0n) is 13.3. The third-order valence-electron chi connectivity index (χ3n) is 3.87. The van der Waals surface area contributed by atoms with Gasteiger partial charge in [-0.3, -0.25) is 9.59 Å². The maximum absolute atomic E-state index is 12.5. The van der Waals surface area contributed by atoms with Crippen LogP contribution in [0.15, 0.2) is 34.9 Å². The van der Waals surface area contributed by atoms with Crippen molar-refractivity contribution in [2.24, 2.45) is 0 Å². The van der Waals surface area contributed by atoms with Crippen LogP contribution in [0.3, 0.4) is 0 Å². The summed E-state index contributed by atoms with van der Waals surface area (Å²) in [7, 11) is 0. The maximum Gasteiger partial charge on any atom is 0.335 e. The van der Waals surface area contributed by atoms with Gasteiger partial charge in [0.1, 0.15) is 0 Å². The number of hydrogen-bond acceptors (Lipinski definition) is 6. The Morgan fingerprint density at radius 3 is 2.46 bits per heavy atom. The maximum atomic E-state index is 12.5. The van der Waals surface area contributed by atoms with Crippen LogP contribution in [0, 0.1) is 0 Å². The van der Waals surface area contributed by atoms with Gasteiger partial charge < -0.3 is 4.52 Å². The molecule has 0 saturated carbocycles. The number of carbonyl (C=O) groups is 3. The molecule has 0 bridgehead atoms. The van der Waals surface area contributed by atoms with E-state index in [2.05, 4.69) is 10.1 Å². The van der Waals surface area contributed by atoms with Gasteiger partial charge in [-0.05, 0) is 12.5 Å². The highest BCUT2D eigenvalue weighted by Crippen LogP contribution is 2.26. The Bertz CT molecular complexity index is 786. The van der Waals surface area contributed by atoms with Crippen molar-refractivity contribution in [1.29, 1.82) is 0 Å². The highest BCUT2D eigenvalue weighted by molar-refractivity contribution is 6.44. The van der Waals surface area contributed by atoms with Crippen LogP contribution in [-0.2, 0) is 22.6 Å². The van der Waals surface area contributed by atoms with Crippen LogP contribution in [-0.4, -0.2) is 37.8 Å². The van der Waals surface area contributed by atoms with E-state index in [4.69, 9.17) is 4.52 Å². The fourth-order valence-corrected chi connectivity index (χ4v) is 2.52. The van der Waals surface area contributed by atoms with E-state index in [9.17, 15) is 14.4 Å². The lowest BCUT2D eigenvalue weighted by Crippen LogP contribution is -2.35. The van der Waals surface area contributed by atoms with E-state index in [1.54, 1.807) is 19.1 Å². The first kappa shape index (κ1) is 15.9. The molecule has 4 amide bonds. The van der Waals surface area contributed by atoms with Gasteiger partial charge in [0.05, 0.1) is 12.6 Å². The molecule has 1 unspecified atom stereocenters. The molecule has 124 valence electrons. The van der Waals surface area contributed by atoms with Gasteiger partial charge in [0.15, 0.2) is 5.82 Å². The summed E-state index contributed by atoms with van der Waals surface area (Å²) in [6, 6.07) is 7.82. The second-order valence-corrected chi connectivity index (χ2v) is 5.39. The smallest absolute Gasteiger partial charge is 0.335 e. The quantitative estimate of drug-likeness (QED) is 0.612. The molecule has 2 heterocycles. The molecule has 3 rings (SSSR count). The molecule has 24 heavy (non-hydrogen) atoms. The topological polar surface area (TPSA) is 96.6 Å². The molecule has 1 aliphatic heterocycles. The number of aryl methyl sites for hydroxylation is 1. The Kier molecular flexibility index (Phi) is 4.11. The van der Waals surface area contributed by atoms with E-state index in [1.165, 1.54) is 0 Å². The molecule has 1 aliphatic rings. The van der Waals surface area contributed by atoms with Crippen molar-refractivity contribution in [3.05, 3.63) is 47.6 Å². The van der Waals surface area contributed by atoms with Crippen LogP contribution in [0.1, 0.15) is 37.2 Å². The number of benzene rings is 1. The number of hydrogen-bond donors (Lipinski definition) is 0. The first-order chi connectivity index (χ1) is 11.5. The minimum absolute atomic E-state index is 0.190. The van der Waals surface area contributed by atoms with Gasteiger partial charge in [0.25, 0.3) is 0 Å². The van der Waals surface area contributed by atoms with E-state index in [0.717, 1.165) is 15.4 Å². The Balaban J connectivity index is 1.82. The first-order valence-electron chi connectivity index (χ1n) is 7.58. The van der Waals surface area contributed by atoms with E-state index in [1.807, 2.05) is 25.1 Å². The summed E-state index contributed by atoms with van der Waals surface area (Å²) < 4.78 is 4.96. The van der Waals surface area contributed by atoms with Crippen molar-refractivity contribution >= 4 is 17.8 Å². The molecule has 1 fully saturated rings. The number of nitrogens with zero attached hydrogens (tertiary/aromatic N) is 4. The highest BCUT2D eigenvalue weighted by Gasteiger charge is 2.47. The molecule has 8 heteroatoms. The summed E-state index contributed by atoms with van der Waals surface area (Å²) in [5.74, 6) is -1.14. The van der Waals surface area contributed by atoms with Crippen LogP contribution >= 0.6 is 0 Å². The molecule has 8 nitrogen and oxygen atoms in total. The predicted octanol–water partition coefficient (Wildman–Crippen LogP) is 1.68. The van der Waals surface area contributed by atoms with E-state index in [-0.39, 0.29) is 12.4 Å². The fourth-order valence-electron chi connectivity index (χ4n) is 2.52. The normalized spacial score (nSPS) is 16.2. The van der Waals surface area contributed by atoms with Crippen LogP contribution < -0.4 is 0 Å². The van der Waals surface area contributed by atoms with Crippen molar-refractivity contribution in [3.63, 3.8) is 0 Å². The fraction of sp³-hybridized carbons (Fsp3) is 0.312. The Morgan fingerprint density at radius 2 is 1.83 bits per heavy atom. The third kappa shape index (κ3) is 2.66. The van der Waals surface area contributed by atoms with Gasteiger partial charge in [0.2, 0.25) is 5.89 Å². The monoisotopic (exact) mass is 328 g/mol. The summed E-state index contributed by atoms with van der Waals surface area (Å²) in [5.41, 5.74) is 0.765. The van der Waals surface area contributed by atoms with Gasteiger partial charge in [0, 0.05) is 6.42 Å². The number of rotatable bonds is 5. The summed E-state index contributed by atoms with van der Waals surface area (Å²) in [4.78, 5) is 42.8. The summed E-state index contributed by atoms with van der Waals surface area (Å²) in [6.45, 7) is 3.35. The van der Waals surface area contributed by atoms with E-state index >= 15 is 0 Å². The Labute approximate surface area is 138 Å². The number of urea groups is 1. The largest absolute Gasteiger partial charge is 0.339 e. The van der Waals surface area contributed by atoms with E-state index < -0.39 is 23.9 Å². The lowest BCUT2D eigenvalue weighted by atomic mass is 10.1. The molecule has 0 aliphatic carbocycles. The Hall–Kier alpha value is -3.03. The number of aromatic nitrogens is 2. The van der Waals surface area contributed by atoms with Gasteiger partial charge in [-0.25, -0.2) is 14.6 Å². The molecule has 0 radical (unpaired) electrons. The van der Waals surface area contributed by atoms with Crippen molar-refractivity contribution in [3.8, 4) is 0 Å². The minimum Gasteiger partial charge on any atom is -0.339 e. The Morgan fingerprint density at radius 1 is 1.12 bits per heavy atom. The predicted molar refractivity (Wildman–Crippen MR) is 81.3 cm³/mol. The second-order valence-electron chi connectivity index (χ2n) is 5.39. The van der Waals surface area contributed by atoms with Crippen LogP contribution in [0.4, 0.5) is 4.79 Å². The minimum atomic E-state index is -0.884. The average molecular weight is 328 g/mol. The number of amides is 4. The van der Waals surface area contributed by atoms with Crippen LogP contribution in [0.25, 0.3) is 0 Å². The van der Waals surface area contributed by atoms with Crippen molar-refractivity contribution in [1.82, 2.24) is 19.9 Å². The summed E-state index contributed by atoms with van der Waals surface area (Å²) in [5, 5.41) is 3.71. The molecule has 0 N–H and O–H groups in total. The lowest BCUT2D eigenvalue weighted by molar-refractivity contribution is -0.144. The van der Waals surface area contributed by atoms with Crippen molar-refractivity contribution in [2.75, 3.05) is 0 Å². The molecule has 1 atom stereocenters. The molecular weight excluding hydrogens is 312 g/mol. The zero-order valence-corrected chi connectivity index (χ0v) is 13.3. The molecule has 1 saturated heterocycles. The molecule has 1 aromatic heterocycles. The van der Waals surface area contributed by atoms with Crippen molar-refractivity contribution < 1.29 is 18.9 Å². The molecule has 2 aromatic rings. The van der Waals surface area contributed by atoms with Crippen LogP contribution in [0.5, 0.6) is 0 Å². The standard InChI is InChI=1S/C16H16N4O4/c1-3-13-17-12(18-24-13)9-19-14(21)15(22)20(16(19)23)10(2)11-7-5-4-6-8-11/h4-8,10H,3,9H2,1-2H3. The van der Waals surface area contributed by atoms with Gasteiger partial charge >= 0.3 is 17.8 Å². The van der Waals surface area contributed by atoms with Crippen LogP contribution in [0.2, 0.25) is 0 Å².